The van der Waals surface area contributed by atoms with Crippen LogP contribution in [0.4, 0.5) is 14.9 Å². The number of anilines is 1. The topological polar surface area (TPSA) is 50.4 Å². The van der Waals surface area contributed by atoms with Crippen LogP contribution in [0.15, 0.2) is 48.5 Å². The van der Waals surface area contributed by atoms with Crippen LogP contribution in [-0.4, -0.2) is 18.7 Å². The van der Waals surface area contributed by atoms with Gasteiger partial charge in [-0.15, -0.1) is 0 Å². The van der Waals surface area contributed by atoms with Gasteiger partial charge in [0.15, 0.2) is 0 Å². The molecule has 4 nitrogen and oxygen atoms in total. The monoisotopic (exact) mass is 342 g/mol. The average molecular weight is 342 g/mol. The smallest absolute Gasteiger partial charge is 0.319 e. The molecule has 1 aliphatic rings. The van der Waals surface area contributed by atoms with Gasteiger partial charge in [-0.1, -0.05) is 24.3 Å². The lowest BCUT2D eigenvalue weighted by Gasteiger charge is -2.18. The molecule has 0 unspecified atom stereocenters. The van der Waals surface area contributed by atoms with Crippen molar-refractivity contribution in [3.63, 3.8) is 0 Å². The number of hydrogen-bond donors (Lipinski definition) is 2. The first-order chi connectivity index (χ1) is 12.0. The fourth-order valence-electron chi connectivity index (χ4n) is 2.86. The van der Waals surface area contributed by atoms with Crippen molar-refractivity contribution in [2.75, 3.05) is 11.9 Å². The van der Waals surface area contributed by atoms with Crippen molar-refractivity contribution in [2.45, 2.75) is 38.2 Å². The second kappa shape index (κ2) is 7.13. The van der Waals surface area contributed by atoms with Gasteiger partial charge in [-0.05, 0) is 56.5 Å². The third-order valence-corrected chi connectivity index (χ3v) is 4.40. The summed E-state index contributed by atoms with van der Waals surface area (Å²) >= 11 is 0. The maximum Gasteiger partial charge on any atom is 0.319 e. The highest BCUT2D eigenvalue weighted by atomic mass is 19.1. The van der Waals surface area contributed by atoms with Crippen LogP contribution in [-0.2, 0) is 5.41 Å². The predicted molar refractivity (Wildman–Crippen MR) is 96.5 cm³/mol. The Morgan fingerprint density at radius 2 is 1.84 bits per heavy atom. The second-order valence-corrected chi connectivity index (χ2v) is 6.76. The molecular weight excluding hydrogens is 319 g/mol. The first-order valence-corrected chi connectivity index (χ1v) is 8.55. The van der Waals surface area contributed by atoms with Crippen molar-refractivity contribution in [1.82, 2.24) is 5.32 Å². The summed E-state index contributed by atoms with van der Waals surface area (Å²) in [7, 11) is 0. The number of hydrogen-bond acceptors (Lipinski definition) is 2. The van der Waals surface area contributed by atoms with Crippen molar-refractivity contribution >= 4 is 11.7 Å². The van der Waals surface area contributed by atoms with Gasteiger partial charge >= 0.3 is 6.03 Å². The molecule has 1 saturated carbocycles. The molecule has 3 rings (SSSR count). The molecule has 1 aliphatic carbocycles. The lowest BCUT2D eigenvalue weighted by atomic mass is 9.96. The zero-order valence-electron chi connectivity index (χ0n) is 14.5. The van der Waals surface area contributed by atoms with Crippen molar-refractivity contribution < 1.29 is 13.9 Å². The van der Waals surface area contributed by atoms with Gasteiger partial charge in [0.2, 0.25) is 0 Å². The second-order valence-electron chi connectivity index (χ2n) is 6.76. The van der Waals surface area contributed by atoms with E-state index in [0.717, 1.165) is 18.4 Å². The largest absolute Gasteiger partial charge is 0.489 e. The average Bonchev–Trinajstić information content (AvgIpc) is 3.36. The van der Waals surface area contributed by atoms with E-state index >= 15 is 0 Å². The summed E-state index contributed by atoms with van der Waals surface area (Å²) in [6.07, 6.45) is 2.01. The number of rotatable bonds is 6. The van der Waals surface area contributed by atoms with E-state index in [0.29, 0.717) is 18.0 Å². The number of nitrogens with one attached hydrogen (secondary N) is 2. The Bertz CT molecular complexity index is 740. The first kappa shape index (κ1) is 17.3. The molecule has 2 aromatic carbocycles. The third kappa shape index (κ3) is 4.29. The highest BCUT2D eigenvalue weighted by Crippen LogP contribution is 2.47. The normalized spacial score (nSPS) is 14.9. The maximum atomic E-state index is 13.1. The van der Waals surface area contributed by atoms with Gasteiger partial charge < -0.3 is 15.4 Å². The van der Waals surface area contributed by atoms with E-state index in [9.17, 15) is 9.18 Å². The lowest BCUT2D eigenvalue weighted by molar-refractivity contribution is 0.241. The van der Waals surface area contributed by atoms with Crippen LogP contribution in [0.3, 0.4) is 0 Å². The Balaban J connectivity index is 1.60. The van der Waals surface area contributed by atoms with Gasteiger partial charge in [-0.25, -0.2) is 9.18 Å². The van der Waals surface area contributed by atoms with E-state index in [1.54, 1.807) is 12.1 Å². The molecule has 25 heavy (non-hydrogen) atoms. The van der Waals surface area contributed by atoms with E-state index in [1.165, 1.54) is 12.1 Å². The molecule has 132 valence electrons. The Hall–Kier alpha value is -2.56. The first-order valence-electron chi connectivity index (χ1n) is 8.55. The minimum absolute atomic E-state index is 0.0271. The quantitative estimate of drug-likeness (QED) is 0.814. The van der Waals surface area contributed by atoms with Crippen molar-refractivity contribution in [1.29, 1.82) is 0 Å². The third-order valence-electron chi connectivity index (χ3n) is 4.40. The molecule has 0 aliphatic heterocycles. The van der Waals surface area contributed by atoms with Gasteiger partial charge in [-0.3, -0.25) is 0 Å². The van der Waals surface area contributed by atoms with Gasteiger partial charge in [-0.2, -0.15) is 0 Å². The number of carbonyl (C=O) groups excluding carboxylic acids is 1. The Morgan fingerprint density at radius 3 is 2.48 bits per heavy atom. The van der Waals surface area contributed by atoms with Crippen molar-refractivity contribution in [3.05, 3.63) is 59.9 Å². The zero-order valence-corrected chi connectivity index (χ0v) is 14.5. The summed E-state index contributed by atoms with van der Waals surface area (Å²) in [6, 6.07) is 13.6. The molecule has 0 aromatic heterocycles. The zero-order chi connectivity index (χ0) is 17.9. The summed E-state index contributed by atoms with van der Waals surface area (Å²) in [5.74, 6) is 0.402. The van der Waals surface area contributed by atoms with Crippen LogP contribution >= 0.6 is 0 Å². The van der Waals surface area contributed by atoms with E-state index in [-0.39, 0.29) is 23.4 Å². The summed E-state index contributed by atoms with van der Waals surface area (Å²) in [5.41, 5.74) is 1.64. The van der Waals surface area contributed by atoms with Crippen LogP contribution < -0.4 is 15.4 Å². The van der Waals surface area contributed by atoms with Gasteiger partial charge in [0.05, 0.1) is 11.8 Å². The minimum Gasteiger partial charge on any atom is -0.489 e. The molecule has 0 atom stereocenters. The van der Waals surface area contributed by atoms with E-state index in [4.69, 9.17) is 4.74 Å². The van der Waals surface area contributed by atoms with Crippen LogP contribution in [0.5, 0.6) is 5.75 Å². The van der Waals surface area contributed by atoms with Crippen LogP contribution in [0.2, 0.25) is 0 Å². The van der Waals surface area contributed by atoms with Gasteiger partial charge in [0.25, 0.3) is 0 Å². The SMILES string of the molecule is CC(C)Oc1ccccc1NC(=O)NCC1(c2ccc(F)cc2)CC1. The molecule has 0 radical (unpaired) electrons. The molecule has 0 spiro atoms. The molecule has 2 amide bonds. The number of carbonyl (C=O) groups is 1. The molecular formula is C20H23FN2O2. The molecule has 0 bridgehead atoms. The summed E-state index contributed by atoms with van der Waals surface area (Å²) in [5, 5.41) is 5.77. The molecule has 5 heteroatoms. The summed E-state index contributed by atoms with van der Waals surface area (Å²) < 4.78 is 18.8. The van der Waals surface area contributed by atoms with E-state index in [2.05, 4.69) is 10.6 Å². The van der Waals surface area contributed by atoms with Crippen LogP contribution in [0.25, 0.3) is 0 Å². The summed E-state index contributed by atoms with van der Waals surface area (Å²) in [6.45, 7) is 4.41. The van der Waals surface area contributed by atoms with Crippen LogP contribution in [0, 0.1) is 5.82 Å². The maximum absolute atomic E-state index is 13.1. The minimum atomic E-state index is -0.270. The van der Waals surface area contributed by atoms with Gasteiger partial charge in [0.1, 0.15) is 11.6 Å². The summed E-state index contributed by atoms with van der Waals surface area (Å²) in [4.78, 5) is 12.3. The highest BCUT2D eigenvalue weighted by Gasteiger charge is 2.44. The number of ether oxygens (including phenoxy) is 1. The number of urea groups is 1. The molecule has 1 fully saturated rings. The Kier molecular flexibility index (Phi) is 4.93. The molecule has 2 N–H and O–H groups in total. The van der Waals surface area contributed by atoms with Gasteiger partial charge in [0, 0.05) is 12.0 Å². The number of para-hydroxylation sites is 2. The van der Waals surface area contributed by atoms with Crippen molar-refractivity contribution in [3.8, 4) is 5.75 Å². The molecule has 2 aromatic rings. The van der Waals surface area contributed by atoms with Crippen molar-refractivity contribution in [2.24, 2.45) is 0 Å². The number of amides is 2. The molecule has 0 heterocycles. The van der Waals surface area contributed by atoms with E-state index in [1.807, 2.05) is 38.1 Å². The van der Waals surface area contributed by atoms with E-state index < -0.39 is 0 Å². The standard InChI is InChI=1S/C20H23FN2O2/c1-14(2)25-18-6-4-3-5-17(18)23-19(24)22-13-20(11-12-20)15-7-9-16(21)10-8-15/h3-10,14H,11-13H2,1-2H3,(H2,22,23,24). The molecule has 0 saturated heterocycles. The lowest BCUT2D eigenvalue weighted by Crippen LogP contribution is -2.35. The highest BCUT2D eigenvalue weighted by molar-refractivity contribution is 5.91. The number of benzene rings is 2. The van der Waals surface area contributed by atoms with Crippen LogP contribution in [0.1, 0.15) is 32.3 Å². The Morgan fingerprint density at radius 1 is 1.16 bits per heavy atom. The predicted octanol–water partition coefficient (Wildman–Crippen LogP) is 4.47. The fraction of sp³-hybridized carbons (Fsp3) is 0.350. The fourth-order valence-corrected chi connectivity index (χ4v) is 2.86. The number of halogens is 1. The Labute approximate surface area is 147 Å².